The molecule has 0 radical (unpaired) electrons. The van der Waals surface area contributed by atoms with Crippen molar-refractivity contribution >= 4 is 45.8 Å². The lowest BCUT2D eigenvalue weighted by Crippen LogP contribution is -2.44. The molecular formula is C19H20ClN3O4S. The number of nitrogens with zero attached hydrogens (tertiary/aromatic N) is 2. The molecule has 3 aromatic rings. The van der Waals surface area contributed by atoms with Gasteiger partial charge in [-0.3, -0.25) is 4.79 Å². The van der Waals surface area contributed by atoms with Crippen LogP contribution in [0.1, 0.15) is 30.3 Å². The van der Waals surface area contributed by atoms with E-state index >= 15 is 0 Å². The molecule has 7 nitrogen and oxygen atoms in total. The van der Waals surface area contributed by atoms with E-state index in [0.29, 0.717) is 27.5 Å². The van der Waals surface area contributed by atoms with Crippen LogP contribution in [0.4, 0.5) is 6.01 Å². The Morgan fingerprint density at radius 3 is 2.86 bits per heavy atom. The van der Waals surface area contributed by atoms with Gasteiger partial charge in [0.25, 0.3) is 11.9 Å². The first-order valence-corrected chi connectivity index (χ1v) is 10.8. The predicted molar refractivity (Wildman–Crippen MR) is 107 cm³/mol. The number of halogens is 1. The van der Waals surface area contributed by atoms with E-state index in [9.17, 15) is 9.35 Å². The largest absolute Gasteiger partial charge is 0.609 e. The first-order valence-electron chi connectivity index (χ1n) is 9.13. The number of benzene rings is 1. The van der Waals surface area contributed by atoms with Gasteiger partial charge >= 0.3 is 5.09 Å². The van der Waals surface area contributed by atoms with Gasteiger partial charge in [-0.05, 0) is 44.0 Å². The lowest BCUT2D eigenvalue weighted by molar-refractivity contribution is 0.0897. The fraction of sp³-hybridized carbons (Fsp3) is 0.368. The number of amides is 1. The van der Waals surface area contributed by atoms with E-state index in [2.05, 4.69) is 15.2 Å². The summed E-state index contributed by atoms with van der Waals surface area (Å²) in [5.74, 6) is 0.360. The predicted octanol–water partition coefficient (Wildman–Crippen LogP) is 3.60. The average Bonchev–Trinajstić information content (AvgIpc) is 3.35. The molecule has 1 unspecified atom stereocenters. The minimum absolute atomic E-state index is 0.0350. The highest BCUT2D eigenvalue weighted by atomic mass is 35.5. The number of piperidine rings is 1. The molecule has 28 heavy (non-hydrogen) atoms. The summed E-state index contributed by atoms with van der Waals surface area (Å²) >= 11 is 4.79. The van der Waals surface area contributed by atoms with Crippen LogP contribution in [0.15, 0.2) is 44.3 Å². The third-order valence-electron chi connectivity index (χ3n) is 4.73. The Balaban J connectivity index is 1.34. The Kier molecular flexibility index (Phi) is 5.52. The molecule has 3 heterocycles. The van der Waals surface area contributed by atoms with E-state index in [-0.39, 0.29) is 17.7 Å². The maximum Gasteiger partial charge on any atom is 0.311 e. The van der Waals surface area contributed by atoms with Crippen molar-refractivity contribution in [1.82, 2.24) is 10.3 Å². The second-order valence-corrected chi connectivity index (χ2v) is 8.70. The quantitative estimate of drug-likeness (QED) is 0.632. The van der Waals surface area contributed by atoms with Gasteiger partial charge in [0.2, 0.25) is 0 Å². The number of aromatic nitrogens is 1. The highest BCUT2D eigenvalue weighted by Gasteiger charge is 2.26. The Morgan fingerprint density at radius 2 is 2.11 bits per heavy atom. The number of anilines is 1. The van der Waals surface area contributed by atoms with E-state index in [0.717, 1.165) is 31.4 Å². The van der Waals surface area contributed by atoms with Gasteiger partial charge in [-0.1, -0.05) is 11.6 Å². The summed E-state index contributed by atoms with van der Waals surface area (Å²) in [4.78, 5) is 18.9. The van der Waals surface area contributed by atoms with Gasteiger partial charge in [0.1, 0.15) is 11.3 Å². The molecule has 1 amide bonds. The van der Waals surface area contributed by atoms with E-state index < -0.39 is 11.2 Å². The van der Waals surface area contributed by atoms with Crippen LogP contribution in [0.5, 0.6) is 0 Å². The van der Waals surface area contributed by atoms with Crippen molar-refractivity contribution < 1.29 is 18.2 Å². The number of nitrogens with one attached hydrogen (secondary N) is 1. The smallest absolute Gasteiger partial charge is 0.311 e. The van der Waals surface area contributed by atoms with Crippen LogP contribution in [0.25, 0.3) is 11.1 Å². The minimum Gasteiger partial charge on any atom is -0.609 e. The number of hydrogen-bond acceptors (Lipinski definition) is 6. The minimum atomic E-state index is -1.21. The summed E-state index contributed by atoms with van der Waals surface area (Å²) in [5.41, 5.74) is 1.43. The van der Waals surface area contributed by atoms with Crippen molar-refractivity contribution in [1.29, 1.82) is 0 Å². The molecule has 1 aliphatic rings. The third-order valence-corrected chi connectivity index (χ3v) is 6.16. The zero-order chi connectivity index (χ0) is 19.7. The normalized spacial score (nSPS) is 16.5. The van der Waals surface area contributed by atoms with Gasteiger partial charge in [-0.2, -0.15) is 4.98 Å². The molecule has 0 spiro atoms. The lowest BCUT2D eigenvalue weighted by atomic mass is 10.1. The molecule has 1 fully saturated rings. The van der Waals surface area contributed by atoms with Crippen molar-refractivity contribution in [2.24, 2.45) is 0 Å². The van der Waals surface area contributed by atoms with E-state index in [4.69, 9.17) is 20.4 Å². The van der Waals surface area contributed by atoms with Crippen LogP contribution in [0.2, 0.25) is 5.02 Å². The molecule has 4 rings (SSSR count). The monoisotopic (exact) mass is 421 g/mol. The maximum absolute atomic E-state index is 12.4. The molecule has 148 valence electrons. The van der Waals surface area contributed by atoms with Crippen molar-refractivity contribution in [2.75, 3.05) is 23.7 Å². The van der Waals surface area contributed by atoms with Crippen LogP contribution in [0.3, 0.4) is 0 Å². The van der Waals surface area contributed by atoms with Crippen molar-refractivity contribution in [2.45, 2.75) is 30.9 Å². The van der Waals surface area contributed by atoms with Gasteiger partial charge < -0.3 is 23.6 Å². The number of furan rings is 1. The van der Waals surface area contributed by atoms with E-state index in [1.54, 1.807) is 31.2 Å². The Labute approximate surface area is 170 Å². The SMILES string of the molecule is CC[S+]([O-])c1ccc(C(=O)NC2CCN(c3nc4cc(Cl)ccc4o3)CC2)o1. The summed E-state index contributed by atoms with van der Waals surface area (Å²) in [6, 6.07) is 9.13. The Bertz CT molecular complexity index is 981. The molecular weight excluding hydrogens is 402 g/mol. The summed E-state index contributed by atoms with van der Waals surface area (Å²) in [5, 5.41) is 3.94. The van der Waals surface area contributed by atoms with Crippen LogP contribution < -0.4 is 10.2 Å². The molecule has 2 aromatic heterocycles. The summed E-state index contributed by atoms with van der Waals surface area (Å²) in [7, 11) is 0. The molecule has 1 saturated heterocycles. The molecule has 0 saturated carbocycles. The Morgan fingerprint density at radius 1 is 1.32 bits per heavy atom. The van der Waals surface area contributed by atoms with Gasteiger partial charge in [-0.15, -0.1) is 0 Å². The molecule has 1 N–H and O–H groups in total. The summed E-state index contributed by atoms with van der Waals surface area (Å²) in [6.45, 7) is 3.24. The zero-order valence-corrected chi connectivity index (χ0v) is 16.9. The van der Waals surface area contributed by atoms with E-state index in [1.165, 1.54) is 0 Å². The molecule has 1 aromatic carbocycles. The van der Waals surface area contributed by atoms with Crippen LogP contribution in [-0.4, -0.2) is 40.3 Å². The number of carbonyl (C=O) groups is 1. The first kappa shape index (κ1) is 19.2. The van der Waals surface area contributed by atoms with Gasteiger partial charge in [0, 0.05) is 41.4 Å². The van der Waals surface area contributed by atoms with Crippen LogP contribution in [-0.2, 0) is 11.2 Å². The van der Waals surface area contributed by atoms with Gasteiger partial charge in [-0.25, -0.2) is 0 Å². The van der Waals surface area contributed by atoms with Crippen molar-refractivity contribution in [3.63, 3.8) is 0 Å². The van der Waals surface area contributed by atoms with Crippen molar-refractivity contribution in [3.8, 4) is 0 Å². The fourth-order valence-corrected chi connectivity index (χ4v) is 4.06. The standard InChI is InChI=1S/C19H20ClN3O4S/c1-2-28(25)17-6-5-16(26-17)18(24)21-13-7-9-23(10-8-13)19-22-14-11-12(20)3-4-15(14)27-19/h3-6,11,13H,2,7-10H2,1H3,(H,21,24). The fourth-order valence-electron chi connectivity index (χ4n) is 3.20. The molecule has 1 atom stereocenters. The van der Waals surface area contributed by atoms with Gasteiger partial charge in [0.05, 0.1) is 0 Å². The zero-order valence-electron chi connectivity index (χ0n) is 15.3. The maximum atomic E-state index is 12.4. The van der Waals surface area contributed by atoms with E-state index in [1.807, 2.05) is 6.07 Å². The molecule has 1 aliphatic heterocycles. The number of carbonyl (C=O) groups excluding carboxylic acids is 1. The van der Waals surface area contributed by atoms with Crippen molar-refractivity contribution in [3.05, 3.63) is 41.1 Å². The second-order valence-electron chi connectivity index (χ2n) is 6.60. The summed E-state index contributed by atoms with van der Waals surface area (Å²) in [6.07, 6.45) is 1.53. The Hall–Kier alpha value is -2.16. The molecule has 9 heteroatoms. The average molecular weight is 422 g/mol. The van der Waals surface area contributed by atoms with Crippen LogP contribution >= 0.6 is 11.6 Å². The third kappa shape index (κ3) is 3.99. The number of hydrogen-bond donors (Lipinski definition) is 1. The number of oxazole rings is 1. The summed E-state index contributed by atoms with van der Waals surface area (Å²) < 4.78 is 23.0. The van der Waals surface area contributed by atoms with Gasteiger partial charge in [0.15, 0.2) is 11.3 Å². The van der Waals surface area contributed by atoms with Crippen LogP contribution in [0, 0.1) is 0 Å². The molecule has 0 bridgehead atoms. The highest BCUT2D eigenvalue weighted by Crippen LogP contribution is 2.26. The topological polar surface area (TPSA) is 94.6 Å². The number of fused-ring (bicyclic) bond motifs is 1. The molecule has 0 aliphatic carbocycles. The second kappa shape index (κ2) is 8.06. The lowest BCUT2D eigenvalue weighted by Gasteiger charge is -2.31. The highest BCUT2D eigenvalue weighted by molar-refractivity contribution is 7.91. The first-order chi connectivity index (χ1) is 13.5. The number of rotatable bonds is 5.